The summed E-state index contributed by atoms with van der Waals surface area (Å²) in [5.74, 6) is 1.89. The quantitative estimate of drug-likeness (QED) is 0.779. The van der Waals surface area contributed by atoms with Crippen molar-refractivity contribution in [2.75, 3.05) is 27.2 Å². The van der Waals surface area contributed by atoms with Crippen LogP contribution in [-0.2, 0) is 6.54 Å². The van der Waals surface area contributed by atoms with Crippen LogP contribution in [0.5, 0.6) is 5.75 Å². The van der Waals surface area contributed by atoms with Crippen molar-refractivity contribution in [3.63, 3.8) is 0 Å². The van der Waals surface area contributed by atoms with Crippen LogP contribution in [0, 0.1) is 5.92 Å². The van der Waals surface area contributed by atoms with E-state index >= 15 is 0 Å². The minimum atomic E-state index is 0.696. The Bertz CT molecular complexity index is 373. The maximum absolute atomic E-state index is 5.80. The summed E-state index contributed by atoms with van der Waals surface area (Å²) in [4.78, 5) is 2.41. The molecular formula is C16H26N2O. The number of hydrogen-bond donors (Lipinski definition) is 1. The molecule has 1 aromatic rings. The number of rotatable bonds is 8. The fourth-order valence-electron chi connectivity index (χ4n) is 2.36. The highest BCUT2D eigenvalue weighted by molar-refractivity contribution is 5.27. The third kappa shape index (κ3) is 4.51. The average Bonchev–Trinajstić information content (AvgIpc) is 3.24. The highest BCUT2D eigenvalue weighted by Gasteiger charge is 2.30. The third-order valence-electron chi connectivity index (χ3n) is 4.02. The molecule has 0 saturated heterocycles. The van der Waals surface area contributed by atoms with Crippen molar-refractivity contribution in [1.29, 1.82) is 0 Å². The van der Waals surface area contributed by atoms with E-state index in [1.807, 2.05) is 7.05 Å². The molecule has 1 aliphatic rings. The Morgan fingerprint density at radius 1 is 1.32 bits per heavy atom. The summed E-state index contributed by atoms with van der Waals surface area (Å²) < 4.78 is 5.80. The first kappa shape index (κ1) is 14.4. The molecule has 0 heterocycles. The van der Waals surface area contributed by atoms with Gasteiger partial charge < -0.3 is 15.0 Å². The molecule has 0 aliphatic heterocycles. The summed E-state index contributed by atoms with van der Waals surface area (Å²) in [7, 11) is 4.16. The lowest BCUT2D eigenvalue weighted by Gasteiger charge is -2.24. The lowest BCUT2D eigenvalue weighted by atomic mass is 10.2. The molecule has 1 fully saturated rings. The van der Waals surface area contributed by atoms with E-state index < -0.39 is 0 Å². The van der Waals surface area contributed by atoms with Crippen molar-refractivity contribution in [3.8, 4) is 5.75 Å². The zero-order valence-corrected chi connectivity index (χ0v) is 12.4. The van der Waals surface area contributed by atoms with Crippen LogP contribution < -0.4 is 10.1 Å². The lowest BCUT2D eigenvalue weighted by molar-refractivity contribution is 0.186. The summed E-state index contributed by atoms with van der Waals surface area (Å²) in [6.07, 6.45) is 2.80. The van der Waals surface area contributed by atoms with Crippen LogP contribution in [0.3, 0.4) is 0 Å². The van der Waals surface area contributed by atoms with Crippen LogP contribution >= 0.6 is 0 Å². The fourth-order valence-corrected chi connectivity index (χ4v) is 2.36. The summed E-state index contributed by atoms with van der Waals surface area (Å²) >= 11 is 0. The first-order chi connectivity index (χ1) is 9.20. The van der Waals surface area contributed by atoms with Crippen LogP contribution in [0.15, 0.2) is 24.3 Å². The van der Waals surface area contributed by atoms with Gasteiger partial charge >= 0.3 is 0 Å². The van der Waals surface area contributed by atoms with Gasteiger partial charge in [-0.05, 0) is 57.5 Å². The number of ether oxygens (including phenoxy) is 1. The Morgan fingerprint density at radius 2 is 2.00 bits per heavy atom. The second-order valence-corrected chi connectivity index (χ2v) is 5.58. The Labute approximate surface area is 116 Å². The van der Waals surface area contributed by atoms with Gasteiger partial charge in [0.2, 0.25) is 0 Å². The molecule has 3 heteroatoms. The van der Waals surface area contributed by atoms with Gasteiger partial charge in [0.05, 0.1) is 0 Å². The number of nitrogens with zero attached hydrogens (tertiary/aromatic N) is 1. The van der Waals surface area contributed by atoms with E-state index in [2.05, 4.69) is 48.5 Å². The number of nitrogens with one attached hydrogen (secondary N) is 1. The lowest BCUT2D eigenvalue weighted by Crippen LogP contribution is -2.34. The van der Waals surface area contributed by atoms with Gasteiger partial charge in [0.1, 0.15) is 12.4 Å². The smallest absolute Gasteiger partial charge is 0.119 e. The van der Waals surface area contributed by atoms with E-state index in [9.17, 15) is 0 Å². The zero-order valence-electron chi connectivity index (χ0n) is 12.4. The molecule has 2 rings (SSSR count). The maximum atomic E-state index is 5.80. The van der Waals surface area contributed by atoms with E-state index in [0.29, 0.717) is 6.04 Å². The van der Waals surface area contributed by atoms with Gasteiger partial charge in [-0.1, -0.05) is 12.1 Å². The third-order valence-corrected chi connectivity index (χ3v) is 4.02. The summed E-state index contributed by atoms with van der Waals surface area (Å²) in [6.45, 7) is 4.99. The van der Waals surface area contributed by atoms with Gasteiger partial charge in [0.25, 0.3) is 0 Å². The minimum absolute atomic E-state index is 0.696. The second-order valence-electron chi connectivity index (χ2n) is 5.58. The molecule has 0 bridgehead atoms. The molecule has 0 radical (unpaired) electrons. The Morgan fingerprint density at radius 3 is 2.58 bits per heavy atom. The molecule has 106 valence electrons. The SMILES string of the molecule is CNCc1ccc(OCCN(C)C(C)C2CC2)cc1. The standard InChI is InChI=1S/C16H26N2O/c1-13(15-6-7-15)18(3)10-11-19-16-8-4-14(5-9-16)12-17-2/h4-5,8-9,13,15,17H,6-7,10-12H2,1-3H3. The molecule has 0 spiro atoms. The van der Waals surface area contributed by atoms with E-state index in [1.54, 1.807) is 0 Å². The van der Waals surface area contributed by atoms with Crippen LogP contribution in [-0.4, -0.2) is 38.2 Å². The van der Waals surface area contributed by atoms with Gasteiger partial charge in [0.15, 0.2) is 0 Å². The van der Waals surface area contributed by atoms with Crippen molar-refractivity contribution in [1.82, 2.24) is 10.2 Å². The van der Waals surface area contributed by atoms with Crippen LogP contribution in [0.4, 0.5) is 0 Å². The Kier molecular flexibility index (Phi) is 5.23. The zero-order chi connectivity index (χ0) is 13.7. The predicted octanol–water partition coefficient (Wildman–Crippen LogP) is 2.52. The van der Waals surface area contributed by atoms with Crippen molar-refractivity contribution >= 4 is 0 Å². The number of benzene rings is 1. The molecule has 1 atom stereocenters. The van der Waals surface area contributed by atoms with Gasteiger partial charge in [0, 0.05) is 19.1 Å². The summed E-state index contributed by atoms with van der Waals surface area (Å²) in [5, 5.41) is 3.14. The largest absolute Gasteiger partial charge is 0.492 e. The van der Waals surface area contributed by atoms with Crippen molar-refractivity contribution in [3.05, 3.63) is 29.8 Å². The summed E-state index contributed by atoms with van der Waals surface area (Å²) in [5.41, 5.74) is 1.29. The van der Waals surface area contributed by atoms with E-state index in [-0.39, 0.29) is 0 Å². The predicted molar refractivity (Wildman–Crippen MR) is 79.5 cm³/mol. The number of likely N-dealkylation sites (N-methyl/N-ethyl adjacent to an activating group) is 1. The van der Waals surface area contributed by atoms with E-state index in [0.717, 1.165) is 31.4 Å². The molecule has 0 amide bonds. The highest BCUT2D eigenvalue weighted by Crippen LogP contribution is 2.34. The molecule has 1 aliphatic carbocycles. The van der Waals surface area contributed by atoms with Gasteiger partial charge in [-0.25, -0.2) is 0 Å². The molecule has 0 aromatic heterocycles. The van der Waals surface area contributed by atoms with Crippen LogP contribution in [0.2, 0.25) is 0 Å². The molecular weight excluding hydrogens is 236 g/mol. The molecule has 3 nitrogen and oxygen atoms in total. The Balaban J connectivity index is 1.69. The molecule has 1 saturated carbocycles. The molecule has 19 heavy (non-hydrogen) atoms. The summed E-state index contributed by atoms with van der Waals surface area (Å²) in [6, 6.07) is 9.03. The van der Waals surface area contributed by atoms with Gasteiger partial charge in [-0.3, -0.25) is 0 Å². The number of hydrogen-bond acceptors (Lipinski definition) is 3. The molecule has 1 unspecified atom stereocenters. The highest BCUT2D eigenvalue weighted by atomic mass is 16.5. The van der Waals surface area contributed by atoms with E-state index in [1.165, 1.54) is 18.4 Å². The molecule has 1 N–H and O–H groups in total. The van der Waals surface area contributed by atoms with Crippen molar-refractivity contribution < 1.29 is 4.74 Å². The maximum Gasteiger partial charge on any atom is 0.119 e. The normalized spacial score (nSPS) is 16.6. The van der Waals surface area contributed by atoms with Crippen molar-refractivity contribution in [2.45, 2.75) is 32.4 Å². The second kappa shape index (κ2) is 6.92. The first-order valence-corrected chi connectivity index (χ1v) is 7.27. The average molecular weight is 262 g/mol. The molecule has 1 aromatic carbocycles. The van der Waals surface area contributed by atoms with Crippen molar-refractivity contribution in [2.24, 2.45) is 5.92 Å². The van der Waals surface area contributed by atoms with Crippen LogP contribution in [0.25, 0.3) is 0 Å². The van der Waals surface area contributed by atoms with E-state index in [4.69, 9.17) is 4.74 Å². The fraction of sp³-hybridized carbons (Fsp3) is 0.625. The van der Waals surface area contributed by atoms with Crippen LogP contribution in [0.1, 0.15) is 25.3 Å². The van der Waals surface area contributed by atoms with Gasteiger partial charge in [-0.2, -0.15) is 0 Å². The first-order valence-electron chi connectivity index (χ1n) is 7.27. The monoisotopic (exact) mass is 262 g/mol. The minimum Gasteiger partial charge on any atom is -0.492 e. The van der Waals surface area contributed by atoms with Gasteiger partial charge in [-0.15, -0.1) is 0 Å². The topological polar surface area (TPSA) is 24.5 Å². The Hall–Kier alpha value is -1.06.